The van der Waals surface area contributed by atoms with E-state index in [-0.39, 0.29) is 5.69 Å². The number of hydrogen-bond acceptors (Lipinski definition) is 5. The molecular formula is C21H14Cl2N4O2S. The van der Waals surface area contributed by atoms with Crippen LogP contribution < -0.4 is 10.7 Å². The summed E-state index contributed by atoms with van der Waals surface area (Å²) in [7, 11) is 0. The third kappa shape index (κ3) is 4.00. The summed E-state index contributed by atoms with van der Waals surface area (Å²) in [6.07, 6.45) is 0. The first-order chi connectivity index (χ1) is 14.4. The molecule has 0 radical (unpaired) electrons. The fraction of sp³-hybridized carbons (Fsp3) is 0.0476. The van der Waals surface area contributed by atoms with Gasteiger partial charge in [0.25, 0.3) is 5.91 Å². The summed E-state index contributed by atoms with van der Waals surface area (Å²) in [5, 5.41) is 10.0. The van der Waals surface area contributed by atoms with Gasteiger partial charge in [-0.3, -0.25) is 14.9 Å². The lowest BCUT2D eigenvalue weighted by Gasteiger charge is -2.12. The second-order valence-corrected chi connectivity index (χ2v) is 8.01. The molecule has 0 aliphatic heterocycles. The molecule has 2 aromatic carbocycles. The van der Waals surface area contributed by atoms with Gasteiger partial charge in [0.2, 0.25) is 5.43 Å². The molecule has 0 saturated heterocycles. The maximum absolute atomic E-state index is 12.7. The summed E-state index contributed by atoms with van der Waals surface area (Å²) in [4.78, 5) is 29.5. The second kappa shape index (κ2) is 8.39. The van der Waals surface area contributed by atoms with E-state index in [1.54, 1.807) is 42.6 Å². The van der Waals surface area contributed by atoms with Gasteiger partial charge in [-0.15, -0.1) is 11.3 Å². The van der Waals surface area contributed by atoms with E-state index in [9.17, 15) is 9.59 Å². The number of aromatic nitrogens is 3. The van der Waals surface area contributed by atoms with Gasteiger partial charge in [-0.05, 0) is 25.1 Å². The lowest BCUT2D eigenvalue weighted by molar-refractivity contribution is 0.101. The van der Waals surface area contributed by atoms with Gasteiger partial charge in [0, 0.05) is 27.7 Å². The molecule has 0 fully saturated rings. The molecule has 9 heteroatoms. The number of benzene rings is 2. The Morgan fingerprint density at radius 3 is 2.50 bits per heavy atom. The number of aryl methyl sites for hydroxylation is 1. The first-order valence-electron chi connectivity index (χ1n) is 8.81. The molecule has 0 aliphatic rings. The fourth-order valence-electron chi connectivity index (χ4n) is 2.85. The van der Waals surface area contributed by atoms with Crippen molar-refractivity contribution in [2.45, 2.75) is 6.92 Å². The molecule has 150 valence electrons. The first-order valence-corrected chi connectivity index (χ1v) is 10.5. The average molecular weight is 457 g/mol. The quantitative estimate of drug-likeness (QED) is 0.456. The van der Waals surface area contributed by atoms with E-state index in [4.69, 9.17) is 23.2 Å². The number of nitrogens with zero attached hydrogens (tertiary/aromatic N) is 3. The van der Waals surface area contributed by atoms with Crippen LogP contribution >= 0.6 is 34.5 Å². The Morgan fingerprint density at radius 2 is 1.77 bits per heavy atom. The third-order valence-corrected chi connectivity index (χ3v) is 5.68. The number of para-hydroxylation sites is 1. The van der Waals surface area contributed by atoms with E-state index in [2.05, 4.69) is 15.4 Å². The zero-order valence-electron chi connectivity index (χ0n) is 15.6. The highest BCUT2D eigenvalue weighted by Gasteiger charge is 2.18. The summed E-state index contributed by atoms with van der Waals surface area (Å²) in [6, 6.07) is 15.7. The molecule has 0 spiro atoms. The molecule has 2 heterocycles. The lowest BCUT2D eigenvalue weighted by Crippen LogP contribution is -2.27. The van der Waals surface area contributed by atoms with Crippen molar-refractivity contribution in [3.63, 3.8) is 0 Å². The maximum Gasteiger partial charge on any atom is 0.281 e. The maximum atomic E-state index is 12.7. The largest absolute Gasteiger partial charge is 0.296 e. The van der Waals surface area contributed by atoms with E-state index < -0.39 is 11.3 Å². The summed E-state index contributed by atoms with van der Waals surface area (Å²) in [6.45, 7) is 1.72. The fourth-order valence-corrected chi connectivity index (χ4v) is 4.01. The zero-order chi connectivity index (χ0) is 21.3. The van der Waals surface area contributed by atoms with Crippen molar-refractivity contribution in [3.8, 4) is 16.9 Å². The van der Waals surface area contributed by atoms with E-state index >= 15 is 0 Å². The van der Waals surface area contributed by atoms with Crippen molar-refractivity contribution in [1.82, 2.24) is 14.8 Å². The molecule has 4 aromatic rings. The van der Waals surface area contributed by atoms with Gasteiger partial charge >= 0.3 is 0 Å². The Bertz CT molecular complexity index is 1320. The summed E-state index contributed by atoms with van der Waals surface area (Å²) in [5.74, 6) is -0.652. The highest BCUT2D eigenvalue weighted by atomic mass is 35.5. The van der Waals surface area contributed by atoms with Crippen LogP contribution in [0.15, 0.2) is 64.8 Å². The molecule has 0 saturated carbocycles. The molecular weight excluding hydrogens is 443 g/mol. The van der Waals surface area contributed by atoms with Crippen molar-refractivity contribution in [1.29, 1.82) is 0 Å². The Labute approximate surface area is 185 Å². The molecule has 1 amide bonds. The average Bonchev–Trinajstić information content (AvgIpc) is 3.17. The predicted octanol–water partition coefficient (Wildman–Crippen LogP) is 5.22. The minimum Gasteiger partial charge on any atom is -0.296 e. The third-order valence-electron chi connectivity index (χ3n) is 4.28. The van der Waals surface area contributed by atoms with Crippen LogP contribution in [0.4, 0.5) is 5.13 Å². The van der Waals surface area contributed by atoms with Gasteiger partial charge in [-0.25, -0.2) is 9.67 Å². The first kappa shape index (κ1) is 20.3. The normalized spacial score (nSPS) is 10.8. The second-order valence-electron chi connectivity index (χ2n) is 6.33. The van der Waals surface area contributed by atoms with Crippen LogP contribution in [0.2, 0.25) is 10.0 Å². The molecule has 6 nitrogen and oxygen atoms in total. The van der Waals surface area contributed by atoms with Gasteiger partial charge in [0.15, 0.2) is 10.8 Å². The Morgan fingerprint density at radius 1 is 1.07 bits per heavy atom. The Kier molecular flexibility index (Phi) is 5.67. The van der Waals surface area contributed by atoms with Crippen molar-refractivity contribution in [2.75, 3.05) is 5.32 Å². The van der Waals surface area contributed by atoms with Crippen LogP contribution in [0.3, 0.4) is 0 Å². The van der Waals surface area contributed by atoms with Gasteiger partial charge < -0.3 is 0 Å². The van der Waals surface area contributed by atoms with Gasteiger partial charge in [-0.2, -0.15) is 5.10 Å². The van der Waals surface area contributed by atoms with Crippen LogP contribution in [-0.4, -0.2) is 20.7 Å². The topological polar surface area (TPSA) is 76.9 Å². The van der Waals surface area contributed by atoms with E-state index in [1.165, 1.54) is 22.1 Å². The number of thiazole rings is 1. The minimum absolute atomic E-state index is 0.255. The number of anilines is 1. The van der Waals surface area contributed by atoms with Gasteiger partial charge in [0.1, 0.15) is 0 Å². The lowest BCUT2D eigenvalue weighted by atomic mass is 10.2. The number of amides is 1. The van der Waals surface area contributed by atoms with Crippen LogP contribution in [0.25, 0.3) is 16.9 Å². The van der Waals surface area contributed by atoms with Crippen LogP contribution in [-0.2, 0) is 0 Å². The molecule has 0 atom stereocenters. The number of rotatable bonds is 4. The SMILES string of the molecule is Cc1cc(=O)c(C(=O)Nc2nc(-c3ccccc3Cl)cs2)nn1-c1ccccc1Cl. The summed E-state index contributed by atoms with van der Waals surface area (Å²) < 4.78 is 1.47. The summed E-state index contributed by atoms with van der Waals surface area (Å²) >= 11 is 13.7. The minimum atomic E-state index is -0.652. The molecule has 0 aliphatic carbocycles. The zero-order valence-corrected chi connectivity index (χ0v) is 17.9. The Balaban J connectivity index is 1.65. The van der Waals surface area contributed by atoms with E-state index in [0.29, 0.717) is 32.3 Å². The number of nitrogens with one attached hydrogen (secondary N) is 1. The highest BCUT2D eigenvalue weighted by molar-refractivity contribution is 7.14. The standard InChI is InChI=1S/C21H14Cl2N4O2S/c1-12-10-18(28)19(26-27(12)17-9-5-4-8-15(17)23)20(29)25-21-24-16(11-30-21)13-6-2-3-7-14(13)22/h2-11H,1H3,(H,24,25,29). The molecule has 2 aromatic heterocycles. The van der Waals surface area contributed by atoms with Gasteiger partial charge in [0.05, 0.1) is 16.4 Å². The molecule has 0 bridgehead atoms. The van der Waals surface area contributed by atoms with Crippen molar-refractivity contribution in [3.05, 3.63) is 91.6 Å². The number of hydrogen-bond donors (Lipinski definition) is 1. The van der Waals surface area contributed by atoms with Crippen LogP contribution in [0.1, 0.15) is 16.2 Å². The van der Waals surface area contributed by atoms with Crippen molar-refractivity contribution in [2.24, 2.45) is 0 Å². The van der Waals surface area contributed by atoms with E-state index in [1.807, 2.05) is 18.2 Å². The van der Waals surface area contributed by atoms with Gasteiger partial charge in [-0.1, -0.05) is 53.5 Å². The molecule has 4 rings (SSSR count). The predicted molar refractivity (Wildman–Crippen MR) is 120 cm³/mol. The van der Waals surface area contributed by atoms with Crippen LogP contribution in [0, 0.1) is 6.92 Å². The van der Waals surface area contributed by atoms with Crippen molar-refractivity contribution >= 4 is 45.6 Å². The Hall–Kier alpha value is -3.00. The summed E-state index contributed by atoms with van der Waals surface area (Å²) in [5.41, 5.74) is 1.77. The van der Waals surface area contributed by atoms with E-state index in [0.717, 1.165) is 5.56 Å². The highest BCUT2D eigenvalue weighted by Crippen LogP contribution is 2.30. The van der Waals surface area contributed by atoms with Crippen LogP contribution in [0.5, 0.6) is 0 Å². The monoisotopic (exact) mass is 456 g/mol. The number of halogens is 2. The smallest absolute Gasteiger partial charge is 0.281 e. The number of carbonyl (C=O) groups is 1. The van der Waals surface area contributed by atoms with Crippen molar-refractivity contribution < 1.29 is 4.79 Å². The number of carbonyl (C=O) groups excluding carboxylic acids is 1. The molecule has 0 unspecified atom stereocenters. The molecule has 30 heavy (non-hydrogen) atoms. The molecule has 1 N–H and O–H groups in total.